The van der Waals surface area contributed by atoms with Crippen LogP contribution >= 0.6 is 11.3 Å². The van der Waals surface area contributed by atoms with Crippen molar-refractivity contribution in [1.29, 1.82) is 0 Å². The van der Waals surface area contributed by atoms with Gasteiger partial charge < -0.3 is 15.5 Å². The van der Waals surface area contributed by atoms with Crippen LogP contribution in [0.2, 0.25) is 0 Å². The van der Waals surface area contributed by atoms with Crippen molar-refractivity contribution in [1.82, 2.24) is 10.4 Å². The van der Waals surface area contributed by atoms with Gasteiger partial charge in [0.15, 0.2) is 16.6 Å². The second kappa shape index (κ2) is 7.45. The van der Waals surface area contributed by atoms with Crippen molar-refractivity contribution in [3.05, 3.63) is 65.2 Å². The number of carbonyl (C=O) groups excluding carboxylic acids is 1. The molecule has 0 radical (unpaired) electrons. The van der Waals surface area contributed by atoms with E-state index in [0.717, 1.165) is 5.69 Å². The molecule has 0 unspecified atom stereocenters. The number of nitrogens with zero attached hydrogens (tertiary/aromatic N) is 2. The van der Waals surface area contributed by atoms with Gasteiger partial charge in [0.25, 0.3) is 5.91 Å². The molecule has 0 aliphatic carbocycles. The Morgan fingerprint density at radius 2 is 1.92 bits per heavy atom. The fraction of sp³-hybridized carbons (Fsp3) is 0. The lowest BCUT2D eigenvalue weighted by atomic mass is 10.2. The van der Waals surface area contributed by atoms with Gasteiger partial charge in [0.2, 0.25) is 0 Å². The number of rotatable bonds is 5. The van der Waals surface area contributed by atoms with Gasteiger partial charge in [-0.25, -0.2) is 10.4 Å². The maximum atomic E-state index is 12.0. The minimum atomic E-state index is -0.448. The van der Waals surface area contributed by atoms with Crippen molar-refractivity contribution in [3.8, 4) is 11.5 Å². The monoisotopic (exact) mass is 354 g/mol. The SMILES string of the molecule is O=C(N/N=C/c1ccc(O)c(O)c1)c1csc(Nc2ccccc2)n1. The number of hydrazone groups is 1. The predicted octanol–water partition coefficient (Wildman–Crippen LogP) is 3.06. The van der Waals surface area contributed by atoms with Crippen molar-refractivity contribution >= 4 is 34.3 Å². The zero-order valence-electron chi connectivity index (χ0n) is 12.9. The second-order valence-electron chi connectivity index (χ2n) is 4.98. The Morgan fingerprint density at radius 3 is 2.68 bits per heavy atom. The number of amides is 1. The molecule has 1 aromatic heterocycles. The van der Waals surface area contributed by atoms with Crippen LogP contribution < -0.4 is 10.7 Å². The van der Waals surface area contributed by atoms with Gasteiger partial charge in [0.1, 0.15) is 5.69 Å². The van der Waals surface area contributed by atoms with E-state index >= 15 is 0 Å². The molecule has 0 bridgehead atoms. The molecule has 1 heterocycles. The zero-order chi connectivity index (χ0) is 17.6. The van der Waals surface area contributed by atoms with Gasteiger partial charge in [-0.3, -0.25) is 4.79 Å². The third-order valence-electron chi connectivity index (χ3n) is 3.14. The molecule has 2 aromatic carbocycles. The smallest absolute Gasteiger partial charge is 0.290 e. The molecule has 7 nitrogen and oxygen atoms in total. The average Bonchev–Trinajstić information content (AvgIpc) is 3.07. The molecule has 126 valence electrons. The van der Waals surface area contributed by atoms with E-state index in [-0.39, 0.29) is 17.2 Å². The van der Waals surface area contributed by atoms with Crippen LogP contribution in [0.4, 0.5) is 10.8 Å². The number of para-hydroxylation sites is 1. The maximum Gasteiger partial charge on any atom is 0.290 e. The highest BCUT2D eigenvalue weighted by atomic mass is 32.1. The molecular formula is C17H14N4O3S. The number of nitrogens with one attached hydrogen (secondary N) is 2. The molecule has 0 saturated heterocycles. The van der Waals surface area contributed by atoms with E-state index in [2.05, 4.69) is 20.8 Å². The highest BCUT2D eigenvalue weighted by molar-refractivity contribution is 7.14. The van der Waals surface area contributed by atoms with E-state index in [9.17, 15) is 15.0 Å². The van der Waals surface area contributed by atoms with E-state index in [4.69, 9.17) is 0 Å². The predicted molar refractivity (Wildman–Crippen MR) is 96.7 cm³/mol. The van der Waals surface area contributed by atoms with Gasteiger partial charge in [0.05, 0.1) is 6.21 Å². The Morgan fingerprint density at radius 1 is 1.12 bits per heavy atom. The Bertz CT molecular complexity index is 909. The van der Waals surface area contributed by atoms with E-state index < -0.39 is 5.91 Å². The fourth-order valence-corrected chi connectivity index (χ4v) is 2.63. The van der Waals surface area contributed by atoms with Crippen LogP contribution in [0.3, 0.4) is 0 Å². The first-order valence-corrected chi connectivity index (χ1v) is 8.13. The summed E-state index contributed by atoms with van der Waals surface area (Å²) in [5.74, 6) is -0.926. The second-order valence-corrected chi connectivity index (χ2v) is 5.83. The lowest BCUT2D eigenvalue weighted by Crippen LogP contribution is -2.18. The number of aromatic hydroxyl groups is 2. The molecule has 4 N–H and O–H groups in total. The summed E-state index contributed by atoms with van der Waals surface area (Å²) in [5, 5.41) is 27.8. The summed E-state index contributed by atoms with van der Waals surface area (Å²) < 4.78 is 0. The van der Waals surface area contributed by atoms with E-state index in [1.807, 2.05) is 30.3 Å². The topological polar surface area (TPSA) is 107 Å². The molecule has 3 aromatic rings. The van der Waals surface area contributed by atoms with Crippen LogP contribution in [-0.2, 0) is 0 Å². The van der Waals surface area contributed by atoms with Gasteiger partial charge in [-0.1, -0.05) is 18.2 Å². The van der Waals surface area contributed by atoms with Crippen LogP contribution in [0.25, 0.3) is 0 Å². The number of aromatic nitrogens is 1. The highest BCUT2D eigenvalue weighted by Gasteiger charge is 2.10. The number of hydrogen-bond acceptors (Lipinski definition) is 7. The molecule has 0 atom stereocenters. The molecule has 25 heavy (non-hydrogen) atoms. The van der Waals surface area contributed by atoms with Crippen LogP contribution in [0, 0.1) is 0 Å². The van der Waals surface area contributed by atoms with Crippen LogP contribution in [0.15, 0.2) is 59.0 Å². The Balaban J connectivity index is 1.60. The molecule has 0 spiro atoms. The number of anilines is 2. The number of carbonyl (C=O) groups is 1. The fourth-order valence-electron chi connectivity index (χ4n) is 1.92. The van der Waals surface area contributed by atoms with Crippen molar-refractivity contribution < 1.29 is 15.0 Å². The Kier molecular flexibility index (Phi) is 4.91. The number of phenolic OH excluding ortho intramolecular Hbond substituents is 2. The van der Waals surface area contributed by atoms with E-state index in [1.54, 1.807) is 11.4 Å². The molecule has 0 aliphatic heterocycles. The minimum absolute atomic E-state index is 0.220. The third-order valence-corrected chi connectivity index (χ3v) is 3.90. The van der Waals surface area contributed by atoms with Gasteiger partial charge in [-0.2, -0.15) is 5.10 Å². The van der Waals surface area contributed by atoms with Crippen LogP contribution in [0.5, 0.6) is 11.5 Å². The molecule has 0 fully saturated rings. The Hall–Kier alpha value is -3.39. The molecule has 3 rings (SSSR count). The first kappa shape index (κ1) is 16.5. The highest BCUT2D eigenvalue weighted by Crippen LogP contribution is 2.24. The van der Waals surface area contributed by atoms with E-state index in [1.165, 1.54) is 29.7 Å². The van der Waals surface area contributed by atoms with Crippen LogP contribution in [-0.4, -0.2) is 27.3 Å². The number of hydrogen-bond donors (Lipinski definition) is 4. The standard InChI is InChI=1S/C17H14N4O3S/c22-14-7-6-11(8-15(14)23)9-18-21-16(24)13-10-25-17(20-13)19-12-4-2-1-3-5-12/h1-10,22-23H,(H,19,20)(H,21,24)/b18-9+. The van der Waals surface area contributed by atoms with Gasteiger partial charge in [-0.05, 0) is 35.9 Å². The molecular weight excluding hydrogens is 340 g/mol. The quantitative estimate of drug-likeness (QED) is 0.320. The number of thiazole rings is 1. The summed E-state index contributed by atoms with van der Waals surface area (Å²) in [6.07, 6.45) is 1.35. The summed E-state index contributed by atoms with van der Waals surface area (Å²) in [4.78, 5) is 16.2. The molecule has 8 heteroatoms. The molecule has 0 aliphatic rings. The molecule has 1 amide bonds. The van der Waals surface area contributed by atoms with Crippen molar-refractivity contribution in [2.24, 2.45) is 5.10 Å². The summed E-state index contributed by atoms with van der Waals surface area (Å²) in [6, 6.07) is 13.7. The lowest BCUT2D eigenvalue weighted by Gasteiger charge is -2.00. The maximum absolute atomic E-state index is 12.0. The number of phenols is 2. The van der Waals surface area contributed by atoms with Gasteiger partial charge >= 0.3 is 0 Å². The largest absolute Gasteiger partial charge is 0.504 e. The third kappa shape index (κ3) is 4.33. The van der Waals surface area contributed by atoms with Gasteiger partial charge in [-0.15, -0.1) is 11.3 Å². The summed E-state index contributed by atoms with van der Waals surface area (Å²) in [5.41, 5.74) is 4.02. The van der Waals surface area contributed by atoms with E-state index in [0.29, 0.717) is 10.7 Å². The summed E-state index contributed by atoms with van der Waals surface area (Å²) in [7, 11) is 0. The van der Waals surface area contributed by atoms with Crippen molar-refractivity contribution in [3.63, 3.8) is 0 Å². The van der Waals surface area contributed by atoms with Crippen LogP contribution in [0.1, 0.15) is 16.1 Å². The first-order chi connectivity index (χ1) is 12.1. The minimum Gasteiger partial charge on any atom is -0.504 e. The summed E-state index contributed by atoms with van der Waals surface area (Å²) >= 11 is 1.31. The Labute approximate surface area is 147 Å². The molecule has 0 saturated carbocycles. The normalized spacial score (nSPS) is 10.7. The van der Waals surface area contributed by atoms with Crippen molar-refractivity contribution in [2.75, 3.05) is 5.32 Å². The summed E-state index contributed by atoms with van der Waals surface area (Å²) in [6.45, 7) is 0. The van der Waals surface area contributed by atoms with Crippen molar-refractivity contribution in [2.45, 2.75) is 0 Å². The zero-order valence-corrected chi connectivity index (χ0v) is 13.7. The first-order valence-electron chi connectivity index (χ1n) is 7.25. The average molecular weight is 354 g/mol. The number of benzene rings is 2. The van der Waals surface area contributed by atoms with Gasteiger partial charge in [0, 0.05) is 11.1 Å². The lowest BCUT2D eigenvalue weighted by molar-refractivity contribution is 0.0951.